The zero-order valence-electron chi connectivity index (χ0n) is 16.2. The summed E-state index contributed by atoms with van der Waals surface area (Å²) in [4.78, 5) is 16.8. The van der Waals surface area contributed by atoms with Crippen molar-refractivity contribution in [1.29, 1.82) is 0 Å². The highest BCUT2D eigenvalue weighted by Crippen LogP contribution is 2.29. The molecule has 0 saturated carbocycles. The topological polar surface area (TPSA) is 50.2 Å². The molecule has 1 atom stereocenters. The van der Waals surface area contributed by atoms with Gasteiger partial charge >= 0.3 is 0 Å². The number of hydrogen-bond acceptors (Lipinski definition) is 4. The van der Waals surface area contributed by atoms with E-state index in [2.05, 4.69) is 22.2 Å². The number of amides is 1. The summed E-state index contributed by atoms with van der Waals surface area (Å²) in [6.45, 7) is 7.58. The Bertz CT molecular complexity index is 972. The van der Waals surface area contributed by atoms with Gasteiger partial charge in [-0.05, 0) is 63.5 Å². The standard InChI is InChI=1S/C21H25FN4OS/c1-14(25-9-3-4-10-25)12-23-20(27)19-11-18-15(2)24-26(21(18)28-19)13-16-5-7-17(22)8-6-16/h5-8,11,14H,3-4,9-10,12-13H2,1-2H3,(H,23,27)/t14-/m0/s1. The van der Waals surface area contributed by atoms with Gasteiger partial charge in [0.1, 0.15) is 10.6 Å². The summed E-state index contributed by atoms with van der Waals surface area (Å²) < 4.78 is 15.0. The number of likely N-dealkylation sites (tertiary alicyclic amines) is 1. The number of rotatable bonds is 6. The molecule has 1 fully saturated rings. The van der Waals surface area contributed by atoms with Crippen molar-refractivity contribution in [2.75, 3.05) is 19.6 Å². The maximum absolute atomic E-state index is 13.1. The van der Waals surface area contributed by atoms with Gasteiger partial charge < -0.3 is 5.32 Å². The van der Waals surface area contributed by atoms with E-state index < -0.39 is 0 Å². The van der Waals surface area contributed by atoms with E-state index in [9.17, 15) is 9.18 Å². The Morgan fingerprint density at radius 3 is 2.71 bits per heavy atom. The van der Waals surface area contributed by atoms with Crippen molar-refractivity contribution >= 4 is 27.5 Å². The quantitative estimate of drug-likeness (QED) is 0.685. The molecule has 0 aliphatic carbocycles. The van der Waals surface area contributed by atoms with Gasteiger partial charge in [0.25, 0.3) is 5.91 Å². The lowest BCUT2D eigenvalue weighted by Gasteiger charge is -2.23. The summed E-state index contributed by atoms with van der Waals surface area (Å²) in [7, 11) is 0. The van der Waals surface area contributed by atoms with Crippen LogP contribution in [-0.4, -0.2) is 46.3 Å². The van der Waals surface area contributed by atoms with Crippen LogP contribution in [0.2, 0.25) is 0 Å². The number of halogens is 1. The number of aryl methyl sites for hydroxylation is 1. The average molecular weight is 401 g/mol. The van der Waals surface area contributed by atoms with E-state index in [1.54, 1.807) is 12.1 Å². The van der Waals surface area contributed by atoms with Crippen LogP contribution in [0, 0.1) is 12.7 Å². The van der Waals surface area contributed by atoms with Crippen molar-refractivity contribution in [2.45, 2.75) is 39.3 Å². The molecular formula is C21H25FN4OS. The summed E-state index contributed by atoms with van der Waals surface area (Å²) >= 11 is 1.46. The minimum Gasteiger partial charge on any atom is -0.350 e. The molecule has 5 nitrogen and oxygen atoms in total. The number of thiophene rings is 1. The first-order chi connectivity index (χ1) is 13.5. The number of carbonyl (C=O) groups is 1. The fourth-order valence-electron chi connectivity index (χ4n) is 3.73. The molecule has 7 heteroatoms. The summed E-state index contributed by atoms with van der Waals surface area (Å²) in [5.41, 5.74) is 1.88. The van der Waals surface area contributed by atoms with Crippen LogP contribution >= 0.6 is 11.3 Å². The molecule has 0 unspecified atom stereocenters. The average Bonchev–Trinajstić information content (AvgIpc) is 3.41. The van der Waals surface area contributed by atoms with Gasteiger partial charge in [0.15, 0.2) is 0 Å². The number of nitrogens with one attached hydrogen (secondary N) is 1. The van der Waals surface area contributed by atoms with Gasteiger partial charge in [-0.2, -0.15) is 5.10 Å². The SMILES string of the molecule is Cc1nn(Cc2ccc(F)cc2)c2sc(C(=O)NC[C@H](C)N3CCCC3)cc12. The smallest absolute Gasteiger partial charge is 0.261 e. The lowest BCUT2D eigenvalue weighted by atomic mass is 10.2. The first kappa shape index (κ1) is 19.1. The highest BCUT2D eigenvalue weighted by molar-refractivity contribution is 7.20. The molecule has 4 rings (SSSR count). The summed E-state index contributed by atoms with van der Waals surface area (Å²) in [5, 5.41) is 8.67. The zero-order chi connectivity index (χ0) is 19.7. The molecule has 1 aliphatic rings. The number of hydrogen-bond donors (Lipinski definition) is 1. The van der Waals surface area contributed by atoms with Gasteiger partial charge in [0.2, 0.25) is 0 Å². The van der Waals surface area contributed by atoms with E-state index in [0.717, 1.165) is 34.6 Å². The first-order valence-electron chi connectivity index (χ1n) is 9.75. The molecule has 1 aromatic carbocycles. The molecular weight excluding hydrogens is 375 g/mol. The fourth-order valence-corrected chi connectivity index (χ4v) is 4.81. The van der Waals surface area contributed by atoms with Gasteiger partial charge in [-0.15, -0.1) is 11.3 Å². The Morgan fingerprint density at radius 1 is 1.29 bits per heavy atom. The second kappa shape index (κ2) is 8.01. The van der Waals surface area contributed by atoms with Crippen LogP contribution in [0.15, 0.2) is 30.3 Å². The zero-order valence-corrected chi connectivity index (χ0v) is 17.1. The van der Waals surface area contributed by atoms with E-state index in [0.29, 0.717) is 24.0 Å². The molecule has 1 N–H and O–H groups in total. The van der Waals surface area contributed by atoms with E-state index >= 15 is 0 Å². The number of carbonyl (C=O) groups excluding carboxylic acids is 1. The Kier molecular flexibility index (Phi) is 5.46. The van der Waals surface area contributed by atoms with Crippen molar-refractivity contribution in [2.24, 2.45) is 0 Å². The number of fused-ring (bicyclic) bond motifs is 1. The van der Waals surface area contributed by atoms with Gasteiger partial charge in [0, 0.05) is 18.0 Å². The lowest BCUT2D eigenvalue weighted by Crippen LogP contribution is -2.40. The minimum atomic E-state index is -0.246. The molecule has 0 radical (unpaired) electrons. The normalized spacial score (nSPS) is 16.0. The molecule has 3 heterocycles. The van der Waals surface area contributed by atoms with Crippen molar-refractivity contribution in [3.05, 3.63) is 52.3 Å². The second-order valence-electron chi connectivity index (χ2n) is 7.50. The summed E-state index contributed by atoms with van der Waals surface area (Å²) in [6.07, 6.45) is 2.50. The first-order valence-corrected chi connectivity index (χ1v) is 10.6. The molecule has 148 valence electrons. The fraction of sp³-hybridized carbons (Fsp3) is 0.429. The van der Waals surface area contributed by atoms with Crippen LogP contribution in [0.5, 0.6) is 0 Å². The third-order valence-electron chi connectivity index (χ3n) is 5.40. The third-order valence-corrected chi connectivity index (χ3v) is 6.55. The minimum absolute atomic E-state index is 0.0278. The molecule has 2 aromatic heterocycles. The van der Waals surface area contributed by atoms with Gasteiger partial charge in [-0.3, -0.25) is 14.4 Å². The van der Waals surface area contributed by atoms with Crippen molar-refractivity contribution in [1.82, 2.24) is 20.0 Å². The molecule has 0 spiro atoms. The number of nitrogens with zero attached hydrogens (tertiary/aromatic N) is 3. The molecule has 1 amide bonds. The lowest BCUT2D eigenvalue weighted by molar-refractivity contribution is 0.0944. The van der Waals surface area contributed by atoms with Crippen LogP contribution in [0.25, 0.3) is 10.2 Å². The van der Waals surface area contributed by atoms with Crippen LogP contribution < -0.4 is 5.32 Å². The second-order valence-corrected chi connectivity index (χ2v) is 8.53. The van der Waals surface area contributed by atoms with Crippen molar-refractivity contribution in [3.63, 3.8) is 0 Å². The molecule has 28 heavy (non-hydrogen) atoms. The third kappa shape index (κ3) is 3.95. The molecule has 1 saturated heterocycles. The predicted molar refractivity (Wildman–Crippen MR) is 110 cm³/mol. The van der Waals surface area contributed by atoms with E-state index in [1.165, 1.54) is 36.3 Å². The van der Waals surface area contributed by atoms with Crippen LogP contribution in [0.3, 0.4) is 0 Å². The molecule has 0 bridgehead atoms. The highest BCUT2D eigenvalue weighted by Gasteiger charge is 2.20. The van der Waals surface area contributed by atoms with E-state index in [-0.39, 0.29) is 11.7 Å². The summed E-state index contributed by atoms with van der Waals surface area (Å²) in [5.74, 6) is -0.274. The van der Waals surface area contributed by atoms with Gasteiger partial charge in [-0.25, -0.2) is 4.39 Å². The van der Waals surface area contributed by atoms with Gasteiger partial charge in [0.05, 0.1) is 17.1 Å². The maximum Gasteiger partial charge on any atom is 0.261 e. The maximum atomic E-state index is 13.1. The molecule has 1 aliphatic heterocycles. The van der Waals surface area contributed by atoms with E-state index in [4.69, 9.17) is 0 Å². The summed E-state index contributed by atoms with van der Waals surface area (Å²) in [6, 6.07) is 8.73. The van der Waals surface area contributed by atoms with Crippen LogP contribution in [0.1, 0.15) is 40.7 Å². The van der Waals surface area contributed by atoms with Crippen LogP contribution in [-0.2, 0) is 6.54 Å². The Labute approximate surface area is 168 Å². The van der Waals surface area contributed by atoms with Crippen molar-refractivity contribution < 1.29 is 9.18 Å². The Balaban J connectivity index is 1.47. The van der Waals surface area contributed by atoms with Crippen LogP contribution in [0.4, 0.5) is 4.39 Å². The number of benzene rings is 1. The highest BCUT2D eigenvalue weighted by atomic mass is 32.1. The van der Waals surface area contributed by atoms with Crippen molar-refractivity contribution in [3.8, 4) is 0 Å². The Hall–Kier alpha value is -2.25. The Morgan fingerprint density at radius 2 is 2.00 bits per heavy atom. The number of aromatic nitrogens is 2. The van der Waals surface area contributed by atoms with E-state index in [1.807, 2.05) is 17.7 Å². The largest absolute Gasteiger partial charge is 0.350 e. The van der Waals surface area contributed by atoms with Gasteiger partial charge in [-0.1, -0.05) is 12.1 Å². The molecule has 3 aromatic rings. The monoisotopic (exact) mass is 400 g/mol. The predicted octanol–water partition coefficient (Wildman–Crippen LogP) is 3.81.